The van der Waals surface area contributed by atoms with Crippen LogP contribution in [0.4, 0.5) is 5.82 Å². The lowest BCUT2D eigenvalue weighted by Crippen LogP contribution is -2.53. The van der Waals surface area contributed by atoms with E-state index >= 15 is 0 Å². The number of fused-ring (bicyclic) bond motifs is 1. The fraction of sp³-hybridized carbons (Fsp3) is 0.387. The highest BCUT2D eigenvalue weighted by atomic mass is 16.2. The van der Waals surface area contributed by atoms with E-state index in [1.807, 2.05) is 24.9 Å². The quantitative estimate of drug-likeness (QED) is 0.422. The molecular formula is C31H36N6O. The van der Waals surface area contributed by atoms with Gasteiger partial charge in [0.05, 0.1) is 6.04 Å². The van der Waals surface area contributed by atoms with Crippen LogP contribution in [0.2, 0.25) is 0 Å². The van der Waals surface area contributed by atoms with Gasteiger partial charge in [0.15, 0.2) is 0 Å². The number of likely N-dealkylation sites (tertiary alicyclic amines) is 1. The van der Waals surface area contributed by atoms with Crippen molar-refractivity contribution in [1.29, 1.82) is 0 Å². The summed E-state index contributed by atoms with van der Waals surface area (Å²) >= 11 is 0. The molecule has 2 saturated heterocycles. The van der Waals surface area contributed by atoms with Crippen molar-refractivity contribution in [2.75, 3.05) is 44.7 Å². The number of piperazine rings is 1. The average Bonchev–Trinajstić information content (AvgIpc) is 3.50. The molecule has 2 aliphatic heterocycles. The van der Waals surface area contributed by atoms with Crippen LogP contribution in [0.5, 0.6) is 0 Å². The minimum atomic E-state index is 0.0637. The molecule has 0 spiro atoms. The molecule has 196 valence electrons. The third-order valence-corrected chi connectivity index (χ3v) is 8.23. The Labute approximate surface area is 224 Å². The Morgan fingerprint density at radius 3 is 2.29 bits per heavy atom. The van der Waals surface area contributed by atoms with E-state index in [-0.39, 0.29) is 6.04 Å². The molecule has 38 heavy (non-hydrogen) atoms. The van der Waals surface area contributed by atoms with Crippen LogP contribution in [0, 0.1) is 20.8 Å². The number of hydrogen-bond donors (Lipinski definition) is 1. The van der Waals surface area contributed by atoms with Crippen LogP contribution in [0.15, 0.2) is 48.7 Å². The van der Waals surface area contributed by atoms with Gasteiger partial charge >= 0.3 is 0 Å². The summed E-state index contributed by atoms with van der Waals surface area (Å²) < 4.78 is 0. The van der Waals surface area contributed by atoms with Gasteiger partial charge in [-0.25, -0.2) is 4.98 Å². The van der Waals surface area contributed by atoms with Gasteiger partial charge in [-0.15, -0.1) is 0 Å². The van der Waals surface area contributed by atoms with E-state index in [9.17, 15) is 4.79 Å². The zero-order valence-electron chi connectivity index (χ0n) is 22.8. The maximum Gasteiger partial charge on any atom is 0.240 e. The topological polar surface area (TPSA) is 68.4 Å². The second-order valence-corrected chi connectivity index (χ2v) is 10.9. The van der Waals surface area contributed by atoms with Crippen molar-refractivity contribution in [3.8, 4) is 22.4 Å². The van der Waals surface area contributed by atoms with Crippen LogP contribution in [0.3, 0.4) is 0 Å². The van der Waals surface area contributed by atoms with Gasteiger partial charge in [0.25, 0.3) is 0 Å². The summed E-state index contributed by atoms with van der Waals surface area (Å²) in [5.41, 5.74) is 8.99. The number of aromatic amines is 1. The summed E-state index contributed by atoms with van der Waals surface area (Å²) in [5.74, 6) is 1.27. The number of nitrogens with zero attached hydrogens (tertiary/aromatic N) is 5. The number of carbonyl (C=O) groups excluding carboxylic acids is 1. The molecule has 1 amide bonds. The van der Waals surface area contributed by atoms with Crippen molar-refractivity contribution in [3.05, 3.63) is 65.6 Å². The lowest BCUT2D eigenvalue weighted by atomic mass is 10.0. The number of aromatic nitrogens is 3. The van der Waals surface area contributed by atoms with Crippen LogP contribution in [-0.4, -0.2) is 76.5 Å². The van der Waals surface area contributed by atoms with Crippen molar-refractivity contribution in [1.82, 2.24) is 24.8 Å². The molecule has 1 N–H and O–H groups in total. The Morgan fingerprint density at radius 1 is 0.895 bits per heavy atom. The molecule has 7 heteroatoms. The number of rotatable bonds is 4. The number of anilines is 1. The predicted molar refractivity (Wildman–Crippen MR) is 153 cm³/mol. The number of benzene rings is 1. The first-order chi connectivity index (χ1) is 18.4. The number of likely N-dealkylation sites (N-methyl/N-ethyl adjacent to an activating group) is 1. The van der Waals surface area contributed by atoms with Crippen LogP contribution >= 0.6 is 0 Å². The molecule has 6 rings (SSSR count). The SMILES string of the molecule is Cc1cc(-c2[nH]c3cc(-c4ccc(N5CCN(C(=O)[C@@H]6CCCN6C)CC5)nc4)ccc3c2C)cc(C)n1. The number of pyridine rings is 2. The smallest absolute Gasteiger partial charge is 0.240 e. The minimum Gasteiger partial charge on any atom is -0.354 e. The first-order valence-electron chi connectivity index (χ1n) is 13.7. The highest BCUT2D eigenvalue weighted by Gasteiger charge is 2.33. The summed E-state index contributed by atoms with van der Waals surface area (Å²) in [6.07, 6.45) is 4.06. The van der Waals surface area contributed by atoms with Gasteiger partial charge < -0.3 is 14.8 Å². The van der Waals surface area contributed by atoms with Crippen molar-refractivity contribution < 1.29 is 4.79 Å². The molecule has 1 aromatic carbocycles. The van der Waals surface area contributed by atoms with Crippen LogP contribution < -0.4 is 4.90 Å². The molecule has 4 aromatic rings. The van der Waals surface area contributed by atoms with Crippen LogP contribution in [0.25, 0.3) is 33.3 Å². The van der Waals surface area contributed by atoms with Gasteiger partial charge in [-0.3, -0.25) is 14.7 Å². The number of amides is 1. The first kappa shape index (κ1) is 24.6. The molecule has 2 aliphatic rings. The molecular weight excluding hydrogens is 472 g/mol. The Hall–Kier alpha value is -3.71. The lowest BCUT2D eigenvalue weighted by Gasteiger charge is -2.37. The van der Waals surface area contributed by atoms with E-state index in [2.05, 4.69) is 76.2 Å². The van der Waals surface area contributed by atoms with E-state index in [0.717, 1.165) is 85.1 Å². The number of aryl methyl sites for hydroxylation is 3. The summed E-state index contributed by atoms with van der Waals surface area (Å²) in [7, 11) is 2.06. The summed E-state index contributed by atoms with van der Waals surface area (Å²) in [4.78, 5) is 32.4. The highest BCUT2D eigenvalue weighted by molar-refractivity contribution is 5.93. The highest BCUT2D eigenvalue weighted by Crippen LogP contribution is 2.33. The molecule has 0 unspecified atom stereocenters. The van der Waals surface area contributed by atoms with Gasteiger partial charge in [0.2, 0.25) is 5.91 Å². The van der Waals surface area contributed by atoms with E-state index in [1.54, 1.807) is 0 Å². The van der Waals surface area contributed by atoms with Gasteiger partial charge in [0.1, 0.15) is 5.82 Å². The number of carbonyl (C=O) groups is 1. The monoisotopic (exact) mass is 508 g/mol. The molecule has 0 saturated carbocycles. The second kappa shape index (κ2) is 9.87. The maximum absolute atomic E-state index is 12.9. The molecule has 7 nitrogen and oxygen atoms in total. The molecule has 3 aromatic heterocycles. The third-order valence-electron chi connectivity index (χ3n) is 8.23. The normalized spacial score (nSPS) is 18.5. The second-order valence-electron chi connectivity index (χ2n) is 10.9. The molecule has 2 fully saturated rings. The minimum absolute atomic E-state index is 0.0637. The van der Waals surface area contributed by atoms with Crippen molar-refractivity contribution in [2.45, 2.75) is 39.7 Å². The first-order valence-corrected chi connectivity index (χ1v) is 13.7. The van der Waals surface area contributed by atoms with Crippen LogP contribution in [-0.2, 0) is 4.79 Å². The fourth-order valence-electron chi connectivity index (χ4n) is 6.12. The lowest BCUT2D eigenvalue weighted by molar-refractivity contribution is -0.135. The number of nitrogens with one attached hydrogen (secondary N) is 1. The number of hydrogen-bond acceptors (Lipinski definition) is 5. The fourth-order valence-corrected chi connectivity index (χ4v) is 6.12. The molecule has 5 heterocycles. The Bertz CT molecular complexity index is 1460. The molecule has 1 atom stereocenters. The number of H-pyrrole nitrogens is 1. The van der Waals surface area contributed by atoms with Crippen molar-refractivity contribution in [2.24, 2.45) is 0 Å². The zero-order valence-corrected chi connectivity index (χ0v) is 22.8. The van der Waals surface area contributed by atoms with Crippen molar-refractivity contribution in [3.63, 3.8) is 0 Å². The zero-order chi connectivity index (χ0) is 26.4. The van der Waals surface area contributed by atoms with E-state index in [4.69, 9.17) is 4.98 Å². The molecule has 0 bridgehead atoms. The Morgan fingerprint density at radius 2 is 1.63 bits per heavy atom. The van der Waals surface area contributed by atoms with Crippen LogP contribution in [0.1, 0.15) is 29.8 Å². The van der Waals surface area contributed by atoms with Gasteiger partial charge in [-0.05, 0) is 88.7 Å². The summed E-state index contributed by atoms with van der Waals surface area (Å²) in [6, 6.07) is 15.2. The Balaban J connectivity index is 1.17. The van der Waals surface area contributed by atoms with E-state index in [0.29, 0.717) is 5.91 Å². The molecule has 0 aliphatic carbocycles. The predicted octanol–water partition coefficient (Wildman–Crippen LogP) is 4.96. The average molecular weight is 509 g/mol. The van der Waals surface area contributed by atoms with Gasteiger partial charge in [-0.2, -0.15) is 0 Å². The third kappa shape index (κ3) is 4.56. The maximum atomic E-state index is 12.9. The van der Waals surface area contributed by atoms with Gasteiger partial charge in [0, 0.05) is 71.5 Å². The summed E-state index contributed by atoms with van der Waals surface area (Å²) in [5, 5.41) is 1.23. The largest absolute Gasteiger partial charge is 0.354 e. The van der Waals surface area contributed by atoms with Gasteiger partial charge in [-0.1, -0.05) is 12.1 Å². The standard InChI is InChI=1S/C31H36N6O/c1-20-16-25(17-21(2)33-20)30-22(3)26-9-7-23(18-27(26)34-30)24-8-10-29(32-19-24)36-12-14-37(15-13-36)31(38)28-6-5-11-35(28)4/h7-10,16-19,28,34H,5-6,11-15H2,1-4H3/t28-/m0/s1. The molecule has 0 radical (unpaired) electrons. The summed E-state index contributed by atoms with van der Waals surface area (Å²) in [6.45, 7) is 10.4. The van der Waals surface area contributed by atoms with E-state index in [1.165, 1.54) is 16.5 Å². The van der Waals surface area contributed by atoms with Crippen molar-refractivity contribution >= 4 is 22.6 Å². The van der Waals surface area contributed by atoms with E-state index < -0.39 is 0 Å². The Kier molecular flexibility index (Phi) is 6.40.